The standard InChI is InChI=1S/C22H26FN5O3/c1-22(2,3)31-21(29)27-9-4-8-24-19-7-10-28-20(26-19)17(14-25-28)16-13-15(30-12-11-27)5-6-18(16)23/h5-7,10,13-14H,4,8-9,11-12H2,1-3H3,(H,24,26). The summed E-state index contributed by atoms with van der Waals surface area (Å²) in [6.07, 6.45) is 3.68. The van der Waals surface area contributed by atoms with Crippen molar-refractivity contribution in [2.45, 2.75) is 32.8 Å². The summed E-state index contributed by atoms with van der Waals surface area (Å²) >= 11 is 0. The number of carbonyl (C=O) groups is 1. The van der Waals surface area contributed by atoms with E-state index >= 15 is 0 Å². The molecule has 0 fully saturated rings. The number of fused-ring (bicyclic) bond motifs is 4. The third-order valence-corrected chi connectivity index (χ3v) is 4.79. The number of aromatic nitrogens is 3. The molecule has 1 N–H and O–H groups in total. The van der Waals surface area contributed by atoms with Gasteiger partial charge in [0, 0.05) is 30.4 Å². The molecule has 8 nitrogen and oxygen atoms in total. The van der Waals surface area contributed by atoms with Crippen molar-refractivity contribution < 1.29 is 18.7 Å². The van der Waals surface area contributed by atoms with Crippen molar-refractivity contribution in [2.24, 2.45) is 0 Å². The van der Waals surface area contributed by atoms with Gasteiger partial charge in [0.2, 0.25) is 0 Å². The Kier molecular flexibility index (Phi) is 5.67. The first-order chi connectivity index (χ1) is 14.8. The van der Waals surface area contributed by atoms with Gasteiger partial charge in [-0.2, -0.15) is 5.10 Å². The van der Waals surface area contributed by atoms with E-state index in [0.717, 1.165) is 0 Å². The molecular weight excluding hydrogens is 401 g/mol. The van der Waals surface area contributed by atoms with Crippen LogP contribution in [0.3, 0.4) is 0 Å². The molecule has 0 aliphatic carbocycles. The van der Waals surface area contributed by atoms with E-state index in [-0.39, 0.29) is 18.5 Å². The van der Waals surface area contributed by atoms with E-state index in [1.165, 1.54) is 6.07 Å². The quantitative estimate of drug-likeness (QED) is 0.585. The molecule has 0 unspecified atom stereocenters. The third-order valence-electron chi connectivity index (χ3n) is 4.79. The number of hydrogen-bond donors (Lipinski definition) is 1. The van der Waals surface area contributed by atoms with Crippen molar-refractivity contribution in [3.8, 4) is 16.9 Å². The fourth-order valence-electron chi connectivity index (χ4n) is 3.34. The Bertz CT molecular complexity index is 1090. The lowest BCUT2D eigenvalue weighted by molar-refractivity contribution is 0.0226. The first-order valence-corrected chi connectivity index (χ1v) is 10.3. The van der Waals surface area contributed by atoms with E-state index < -0.39 is 5.60 Å². The highest BCUT2D eigenvalue weighted by Gasteiger charge is 2.22. The van der Waals surface area contributed by atoms with Gasteiger partial charge in [-0.3, -0.25) is 0 Å². The van der Waals surface area contributed by atoms with E-state index in [1.54, 1.807) is 33.9 Å². The second kappa shape index (κ2) is 8.41. The van der Waals surface area contributed by atoms with Gasteiger partial charge in [-0.15, -0.1) is 0 Å². The van der Waals surface area contributed by atoms with E-state index in [2.05, 4.69) is 15.4 Å². The summed E-state index contributed by atoms with van der Waals surface area (Å²) in [5.41, 5.74) is 0.902. The SMILES string of the molecule is CC(C)(C)OC(=O)N1CCCNc2ccn3ncc(c3n2)-c2cc(ccc2F)OCC1. The molecule has 0 spiro atoms. The van der Waals surface area contributed by atoms with Crippen molar-refractivity contribution >= 4 is 17.6 Å². The number of carbonyl (C=O) groups excluding carboxylic acids is 1. The first-order valence-electron chi connectivity index (χ1n) is 10.3. The van der Waals surface area contributed by atoms with Gasteiger partial charge in [-0.1, -0.05) is 0 Å². The number of hydrogen-bond acceptors (Lipinski definition) is 6. The monoisotopic (exact) mass is 427 g/mol. The molecule has 9 heteroatoms. The second-order valence-corrected chi connectivity index (χ2v) is 8.38. The molecule has 3 heterocycles. The average Bonchev–Trinajstić information content (AvgIpc) is 3.12. The Balaban J connectivity index is 1.65. The minimum Gasteiger partial charge on any atom is -0.492 e. The molecule has 3 aromatic rings. The molecule has 0 saturated heterocycles. The lowest BCUT2D eigenvalue weighted by Gasteiger charge is -2.27. The molecule has 0 atom stereocenters. The number of anilines is 1. The Labute approximate surface area is 180 Å². The van der Waals surface area contributed by atoms with E-state index in [4.69, 9.17) is 9.47 Å². The van der Waals surface area contributed by atoms with Crippen molar-refractivity contribution in [3.63, 3.8) is 0 Å². The Hall–Kier alpha value is -3.36. The van der Waals surface area contributed by atoms with E-state index in [1.807, 2.05) is 26.8 Å². The van der Waals surface area contributed by atoms with Gasteiger partial charge in [-0.05, 0) is 51.5 Å². The van der Waals surface area contributed by atoms with Gasteiger partial charge < -0.3 is 19.7 Å². The maximum atomic E-state index is 14.6. The molecular formula is C22H26FN5O3. The average molecular weight is 427 g/mol. The maximum absolute atomic E-state index is 14.6. The highest BCUT2D eigenvalue weighted by atomic mass is 19.1. The zero-order valence-corrected chi connectivity index (χ0v) is 17.9. The fraction of sp³-hybridized carbons (Fsp3) is 0.409. The number of ether oxygens (including phenoxy) is 2. The van der Waals surface area contributed by atoms with Crippen LogP contribution in [-0.2, 0) is 4.74 Å². The summed E-state index contributed by atoms with van der Waals surface area (Å²) in [5.74, 6) is 0.770. The number of benzene rings is 1. The molecule has 164 valence electrons. The zero-order valence-electron chi connectivity index (χ0n) is 17.9. The summed E-state index contributed by atoms with van der Waals surface area (Å²) in [6.45, 7) is 7.23. The van der Waals surface area contributed by atoms with E-state index in [9.17, 15) is 9.18 Å². The number of nitrogens with one attached hydrogen (secondary N) is 1. The van der Waals surface area contributed by atoms with Crippen LogP contribution < -0.4 is 10.1 Å². The van der Waals surface area contributed by atoms with Crippen molar-refractivity contribution in [2.75, 3.05) is 31.6 Å². The van der Waals surface area contributed by atoms with Crippen molar-refractivity contribution in [3.05, 3.63) is 42.5 Å². The molecule has 4 bridgehead atoms. The molecule has 31 heavy (non-hydrogen) atoms. The Morgan fingerprint density at radius 2 is 2.06 bits per heavy atom. The second-order valence-electron chi connectivity index (χ2n) is 8.38. The van der Waals surface area contributed by atoms with Gasteiger partial charge in [-0.25, -0.2) is 18.7 Å². The summed E-state index contributed by atoms with van der Waals surface area (Å²) in [5, 5.41) is 7.54. The minimum atomic E-state index is -0.583. The largest absolute Gasteiger partial charge is 0.492 e. The zero-order chi connectivity index (χ0) is 22.0. The van der Waals surface area contributed by atoms with Gasteiger partial charge in [0.25, 0.3) is 0 Å². The van der Waals surface area contributed by atoms with Crippen LogP contribution >= 0.6 is 0 Å². The van der Waals surface area contributed by atoms with Crippen LogP contribution in [0.5, 0.6) is 5.75 Å². The summed E-state index contributed by atoms with van der Waals surface area (Å²) in [6, 6.07) is 6.37. The Morgan fingerprint density at radius 3 is 2.87 bits per heavy atom. The van der Waals surface area contributed by atoms with Crippen LogP contribution in [0.2, 0.25) is 0 Å². The lowest BCUT2D eigenvalue weighted by Crippen LogP contribution is -2.40. The van der Waals surface area contributed by atoms with Crippen LogP contribution in [-0.4, -0.2) is 57.4 Å². The van der Waals surface area contributed by atoms with Crippen LogP contribution in [0.25, 0.3) is 16.8 Å². The van der Waals surface area contributed by atoms with Gasteiger partial charge in [0.05, 0.1) is 12.7 Å². The van der Waals surface area contributed by atoms with E-state index in [0.29, 0.717) is 54.4 Å². The normalized spacial score (nSPS) is 15.0. The molecule has 4 rings (SSSR count). The molecule has 1 amide bonds. The van der Waals surface area contributed by atoms with Gasteiger partial charge >= 0.3 is 6.09 Å². The molecule has 1 aliphatic rings. The highest BCUT2D eigenvalue weighted by molar-refractivity contribution is 5.78. The summed E-state index contributed by atoms with van der Waals surface area (Å²) < 4.78 is 27.6. The smallest absolute Gasteiger partial charge is 0.410 e. The Morgan fingerprint density at radius 1 is 1.23 bits per heavy atom. The molecule has 2 aromatic heterocycles. The molecule has 0 saturated carbocycles. The van der Waals surface area contributed by atoms with Crippen molar-refractivity contribution in [1.82, 2.24) is 19.5 Å². The van der Waals surface area contributed by atoms with Crippen LogP contribution in [0.4, 0.5) is 15.0 Å². The topological polar surface area (TPSA) is 81.0 Å². The number of amides is 1. The molecule has 1 aromatic carbocycles. The highest BCUT2D eigenvalue weighted by Crippen LogP contribution is 2.30. The van der Waals surface area contributed by atoms with Gasteiger partial charge in [0.1, 0.15) is 29.6 Å². The van der Waals surface area contributed by atoms with Crippen LogP contribution in [0, 0.1) is 5.82 Å². The number of halogens is 1. The minimum absolute atomic E-state index is 0.257. The number of nitrogens with zero attached hydrogens (tertiary/aromatic N) is 4. The summed E-state index contributed by atoms with van der Waals surface area (Å²) in [7, 11) is 0. The van der Waals surface area contributed by atoms with Crippen LogP contribution in [0.15, 0.2) is 36.7 Å². The first kappa shape index (κ1) is 20.9. The lowest BCUT2D eigenvalue weighted by atomic mass is 10.1. The fourth-order valence-corrected chi connectivity index (χ4v) is 3.34. The summed E-state index contributed by atoms with van der Waals surface area (Å²) in [4.78, 5) is 18.8. The predicted octanol–water partition coefficient (Wildman–Crippen LogP) is 3.97. The maximum Gasteiger partial charge on any atom is 0.410 e. The van der Waals surface area contributed by atoms with Crippen molar-refractivity contribution in [1.29, 1.82) is 0 Å². The van der Waals surface area contributed by atoms with Gasteiger partial charge in [0.15, 0.2) is 5.65 Å². The molecule has 0 radical (unpaired) electrons. The third kappa shape index (κ3) is 4.87. The number of rotatable bonds is 0. The van der Waals surface area contributed by atoms with Crippen LogP contribution in [0.1, 0.15) is 27.2 Å². The predicted molar refractivity (Wildman–Crippen MR) is 115 cm³/mol. The molecule has 1 aliphatic heterocycles.